The Morgan fingerprint density at radius 3 is 2.88 bits per heavy atom. The normalized spacial score (nSPS) is 21.1. The Balaban J connectivity index is 2.09. The molecular weight excluding hydrogens is 221 g/mol. The lowest BCUT2D eigenvalue weighted by Crippen LogP contribution is -2.20. The van der Waals surface area contributed by atoms with E-state index in [2.05, 4.69) is 10.3 Å². The van der Waals surface area contributed by atoms with Gasteiger partial charge in [0.25, 0.3) is 0 Å². The van der Waals surface area contributed by atoms with Crippen LogP contribution in [0, 0.1) is 0 Å². The number of pyridine rings is 1. The zero-order valence-electron chi connectivity index (χ0n) is 8.42. The van der Waals surface area contributed by atoms with E-state index >= 15 is 0 Å². The fourth-order valence-electron chi connectivity index (χ4n) is 1.56. The van der Waals surface area contributed by atoms with Crippen molar-refractivity contribution in [1.29, 1.82) is 0 Å². The quantitative estimate of drug-likeness (QED) is 0.844. The number of ether oxygens (including phenoxy) is 1. The largest absolute Gasteiger partial charge is 0.489 e. The molecule has 0 amide bonds. The molecule has 0 saturated carbocycles. The van der Waals surface area contributed by atoms with Gasteiger partial charge in [-0.15, -0.1) is 0 Å². The highest BCUT2D eigenvalue weighted by atomic mass is 19.4. The second kappa shape index (κ2) is 4.29. The second-order valence-corrected chi connectivity index (χ2v) is 3.61. The Hall–Kier alpha value is -1.30. The summed E-state index contributed by atoms with van der Waals surface area (Å²) < 4.78 is 42.5. The summed E-state index contributed by atoms with van der Waals surface area (Å²) >= 11 is 0. The van der Waals surface area contributed by atoms with E-state index in [1.54, 1.807) is 0 Å². The molecule has 1 aliphatic rings. The number of nitrogens with one attached hydrogen (secondary N) is 1. The number of rotatable bonds is 2. The van der Waals surface area contributed by atoms with Crippen molar-refractivity contribution >= 4 is 0 Å². The van der Waals surface area contributed by atoms with Crippen LogP contribution in [0.1, 0.15) is 12.1 Å². The van der Waals surface area contributed by atoms with E-state index in [0.717, 1.165) is 25.2 Å². The topological polar surface area (TPSA) is 34.1 Å². The molecule has 16 heavy (non-hydrogen) atoms. The molecule has 0 spiro atoms. The van der Waals surface area contributed by atoms with Crippen LogP contribution in [0.25, 0.3) is 0 Å². The van der Waals surface area contributed by atoms with Crippen LogP contribution in [0.3, 0.4) is 0 Å². The van der Waals surface area contributed by atoms with Gasteiger partial charge in [0.2, 0.25) is 0 Å². The van der Waals surface area contributed by atoms with Crippen molar-refractivity contribution in [2.45, 2.75) is 18.7 Å². The fraction of sp³-hybridized carbons (Fsp3) is 0.500. The third-order valence-corrected chi connectivity index (χ3v) is 2.34. The summed E-state index contributed by atoms with van der Waals surface area (Å²) in [4.78, 5) is 3.26. The van der Waals surface area contributed by atoms with E-state index in [9.17, 15) is 13.2 Å². The molecule has 3 nitrogen and oxygen atoms in total. The molecule has 6 heteroatoms. The van der Waals surface area contributed by atoms with Gasteiger partial charge in [0.1, 0.15) is 17.5 Å². The maximum Gasteiger partial charge on any atom is 0.433 e. The van der Waals surface area contributed by atoms with Crippen molar-refractivity contribution in [3.63, 3.8) is 0 Å². The summed E-state index contributed by atoms with van der Waals surface area (Å²) in [5.41, 5.74) is -0.920. The molecule has 2 rings (SSSR count). The highest BCUT2D eigenvalue weighted by Crippen LogP contribution is 2.29. The highest BCUT2D eigenvalue weighted by Gasteiger charge is 2.32. The van der Waals surface area contributed by atoms with Gasteiger partial charge < -0.3 is 10.1 Å². The third-order valence-electron chi connectivity index (χ3n) is 2.34. The molecular formula is C10H11F3N2O. The van der Waals surface area contributed by atoms with E-state index in [1.165, 1.54) is 6.07 Å². The minimum Gasteiger partial charge on any atom is -0.489 e. The van der Waals surface area contributed by atoms with E-state index < -0.39 is 11.9 Å². The first kappa shape index (κ1) is 11.2. The number of halogens is 3. The summed E-state index contributed by atoms with van der Waals surface area (Å²) in [5.74, 6) is 0.219. The van der Waals surface area contributed by atoms with Gasteiger partial charge in [0.15, 0.2) is 0 Å². The van der Waals surface area contributed by atoms with Crippen LogP contribution in [-0.2, 0) is 6.18 Å². The Morgan fingerprint density at radius 1 is 1.44 bits per heavy atom. The van der Waals surface area contributed by atoms with Gasteiger partial charge in [-0.25, -0.2) is 0 Å². The number of aromatic nitrogens is 1. The maximum atomic E-state index is 12.4. The first-order valence-corrected chi connectivity index (χ1v) is 4.96. The summed E-state index contributed by atoms with van der Waals surface area (Å²) in [5, 5.41) is 3.07. The van der Waals surface area contributed by atoms with Crippen molar-refractivity contribution in [2.24, 2.45) is 0 Å². The van der Waals surface area contributed by atoms with Crippen LogP contribution in [0.5, 0.6) is 5.75 Å². The molecule has 1 N–H and O–H groups in total. The number of nitrogens with zero attached hydrogens (tertiary/aromatic N) is 1. The lowest BCUT2D eigenvalue weighted by atomic mass is 10.3. The molecule has 0 radical (unpaired) electrons. The van der Waals surface area contributed by atoms with Gasteiger partial charge in [-0.05, 0) is 19.0 Å². The molecule has 0 bridgehead atoms. The van der Waals surface area contributed by atoms with Gasteiger partial charge in [-0.2, -0.15) is 13.2 Å². The summed E-state index contributed by atoms with van der Waals surface area (Å²) in [7, 11) is 0. The Bertz CT molecular complexity index is 361. The van der Waals surface area contributed by atoms with Gasteiger partial charge >= 0.3 is 6.18 Å². The molecule has 1 aromatic heterocycles. The van der Waals surface area contributed by atoms with Crippen LogP contribution < -0.4 is 10.1 Å². The van der Waals surface area contributed by atoms with Crippen molar-refractivity contribution < 1.29 is 17.9 Å². The van der Waals surface area contributed by atoms with Crippen LogP contribution in [0.4, 0.5) is 13.2 Å². The van der Waals surface area contributed by atoms with Gasteiger partial charge in [-0.1, -0.05) is 0 Å². The summed E-state index contributed by atoms with van der Waals surface area (Å²) in [6, 6.07) is 2.37. The summed E-state index contributed by atoms with van der Waals surface area (Å²) in [6.45, 7) is 1.51. The Labute approximate surface area is 90.6 Å². The Morgan fingerprint density at radius 2 is 2.25 bits per heavy atom. The predicted octanol–water partition coefficient (Wildman–Crippen LogP) is 1.84. The second-order valence-electron chi connectivity index (χ2n) is 3.61. The van der Waals surface area contributed by atoms with Gasteiger partial charge in [0.05, 0.1) is 0 Å². The minimum atomic E-state index is -4.42. The molecule has 0 aromatic carbocycles. The molecule has 0 aliphatic carbocycles. The average molecular weight is 232 g/mol. The number of hydrogen-bond donors (Lipinski definition) is 1. The zero-order valence-corrected chi connectivity index (χ0v) is 8.42. The third kappa shape index (κ3) is 2.63. The van der Waals surface area contributed by atoms with Crippen LogP contribution >= 0.6 is 0 Å². The fourth-order valence-corrected chi connectivity index (χ4v) is 1.56. The lowest BCUT2D eigenvalue weighted by molar-refractivity contribution is -0.141. The Kier molecular flexibility index (Phi) is 3.00. The van der Waals surface area contributed by atoms with Gasteiger partial charge in [0, 0.05) is 18.8 Å². The zero-order chi connectivity index (χ0) is 11.6. The molecule has 1 aromatic rings. The van der Waals surface area contributed by atoms with Crippen molar-refractivity contribution in [3.05, 3.63) is 24.0 Å². The molecule has 2 heterocycles. The SMILES string of the molecule is FC(F)(F)c1cc(OC2CCNC2)ccn1. The van der Waals surface area contributed by atoms with Crippen molar-refractivity contribution in [1.82, 2.24) is 10.3 Å². The average Bonchev–Trinajstić information content (AvgIpc) is 2.70. The van der Waals surface area contributed by atoms with Crippen LogP contribution in [0.2, 0.25) is 0 Å². The first-order chi connectivity index (χ1) is 7.55. The van der Waals surface area contributed by atoms with E-state index in [0.29, 0.717) is 6.54 Å². The van der Waals surface area contributed by atoms with Crippen LogP contribution in [-0.4, -0.2) is 24.2 Å². The summed E-state index contributed by atoms with van der Waals surface area (Å²) in [6.07, 6.45) is -2.55. The maximum absolute atomic E-state index is 12.4. The molecule has 1 fully saturated rings. The number of hydrogen-bond acceptors (Lipinski definition) is 3. The standard InChI is InChI=1S/C10H11F3N2O/c11-10(12,13)9-5-7(2-4-15-9)16-8-1-3-14-6-8/h2,4-5,8,14H,1,3,6H2. The molecule has 1 atom stereocenters. The molecule has 1 saturated heterocycles. The van der Waals surface area contributed by atoms with E-state index in [-0.39, 0.29) is 11.9 Å². The smallest absolute Gasteiger partial charge is 0.433 e. The van der Waals surface area contributed by atoms with Crippen molar-refractivity contribution in [3.8, 4) is 5.75 Å². The van der Waals surface area contributed by atoms with E-state index in [4.69, 9.17) is 4.74 Å². The number of alkyl halides is 3. The van der Waals surface area contributed by atoms with Gasteiger partial charge in [-0.3, -0.25) is 4.98 Å². The lowest BCUT2D eigenvalue weighted by Gasteiger charge is -2.13. The molecule has 88 valence electrons. The predicted molar refractivity (Wildman–Crippen MR) is 51.1 cm³/mol. The minimum absolute atomic E-state index is 0.0523. The van der Waals surface area contributed by atoms with E-state index in [1.807, 2.05) is 0 Å². The highest BCUT2D eigenvalue weighted by molar-refractivity contribution is 5.24. The van der Waals surface area contributed by atoms with Crippen LogP contribution in [0.15, 0.2) is 18.3 Å². The monoisotopic (exact) mass is 232 g/mol. The molecule has 1 aliphatic heterocycles. The first-order valence-electron chi connectivity index (χ1n) is 4.96. The van der Waals surface area contributed by atoms with Crippen molar-refractivity contribution in [2.75, 3.05) is 13.1 Å². The molecule has 1 unspecified atom stereocenters.